The highest BCUT2D eigenvalue weighted by molar-refractivity contribution is 5.87. The average molecular weight is 1060 g/mol. The Morgan fingerprint density at radius 2 is 1.26 bits per heavy atom. The molecule has 4 aliphatic carbocycles. The Hall–Kier alpha value is -1.51. The number of fused-ring (bicyclic) bond motifs is 7. The highest BCUT2D eigenvalue weighted by Gasteiger charge is 2.72. The third-order valence-corrected chi connectivity index (χ3v) is 19.3. The van der Waals surface area contributed by atoms with Gasteiger partial charge in [-0.25, -0.2) is 0 Å². The summed E-state index contributed by atoms with van der Waals surface area (Å²) in [6, 6.07) is 0. The van der Waals surface area contributed by atoms with Crippen molar-refractivity contribution in [2.45, 2.75) is 213 Å². The summed E-state index contributed by atoms with van der Waals surface area (Å²) in [4.78, 5) is 14.7. The van der Waals surface area contributed by atoms with Gasteiger partial charge in [-0.05, 0) is 61.2 Å². The van der Waals surface area contributed by atoms with Crippen LogP contribution in [-0.4, -0.2) is 246 Å². The van der Waals surface area contributed by atoms with Crippen molar-refractivity contribution in [3.8, 4) is 0 Å². The summed E-state index contributed by atoms with van der Waals surface area (Å²) in [6.07, 6.45) is -30.2. The molecule has 0 unspecified atom stereocenters. The number of aliphatic hydroxyl groups is 13. The molecule has 24 nitrogen and oxygen atoms in total. The predicted octanol–water partition coefficient (Wildman–Crippen LogP) is -4.20. The van der Waals surface area contributed by atoms with E-state index in [0.29, 0.717) is 18.9 Å². The molecule has 6 heterocycles. The highest BCUT2D eigenvalue weighted by Crippen LogP contribution is 2.70. The Balaban J connectivity index is 0.845. The topological polar surface area (TPSA) is 372 Å². The van der Waals surface area contributed by atoms with E-state index >= 15 is 0 Å². The molecular weight excluding hydrogens is 985 g/mol. The van der Waals surface area contributed by atoms with Gasteiger partial charge in [0.1, 0.15) is 97.3 Å². The summed E-state index contributed by atoms with van der Waals surface area (Å²) in [5, 5.41) is 141. The molecule has 9 fully saturated rings. The molecule has 0 radical (unpaired) electrons. The monoisotopic (exact) mass is 1060 g/mol. The van der Waals surface area contributed by atoms with Gasteiger partial charge in [0, 0.05) is 30.1 Å². The lowest BCUT2D eigenvalue weighted by Crippen LogP contribution is -2.68. The number of ketones is 1. The van der Waals surface area contributed by atoms with Crippen molar-refractivity contribution in [1.29, 1.82) is 0 Å². The van der Waals surface area contributed by atoms with E-state index in [4.69, 9.17) is 47.4 Å². The van der Waals surface area contributed by atoms with Crippen LogP contribution in [0.15, 0.2) is 11.6 Å². The number of rotatable bonds is 11. The maximum absolute atomic E-state index is 14.7. The summed E-state index contributed by atoms with van der Waals surface area (Å²) in [5.74, 6) is 0.301. The lowest BCUT2D eigenvalue weighted by molar-refractivity contribution is -0.404. The minimum atomic E-state index is -2.04. The second-order valence-electron chi connectivity index (χ2n) is 23.5. The van der Waals surface area contributed by atoms with Crippen LogP contribution in [0.25, 0.3) is 0 Å². The first-order valence-corrected chi connectivity index (χ1v) is 26.5. The van der Waals surface area contributed by atoms with E-state index in [-0.39, 0.29) is 54.3 Å². The Morgan fingerprint density at radius 1 is 0.635 bits per heavy atom. The van der Waals surface area contributed by atoms with Crippen LogP contribution in [0, 0.1) is 46.3 Å². The van der Waals surface area contributed by atoms with Crippen molar-refractivity contribution in [1.82, 2.24) is 0 Å². The molecule has 1 spiro atoms. The number of aliphatic hydroxyl groups excluding tert-OH is 13. The van der Waals surface area contributed by atoms with Gasteiger partial charge >= 0.3 is 0 Å². The predicted molar refractivity (Wildman–Crippen MR) is 244 cm³/mol. The van der Waals surface area contributed by atoms with Crippen LogP contribution in [0.5, 0.6) is 0 Å². The van der Waals surface area contributed by atoms with Crippen LogP contribution in [0.3, 0.4) is 0 Å². The molecular formula is C50H78O24. The van der Waals surface area contributed by atoms with E-state index in [2.05, 4.69) is 33.8 Å². The summed E-state index contributed by atoms with van der Waals surface area (Å²) in [7, 11) is 0. The van der Waals surface area contributed by atoms with E-state index in [1.807, 2.05) is 0 Å². The molecule has 31 atom stereocenters. The van der Waals surface area contributed by atoms with Crippen LogP contribution in [-0.2, 0) is 52.2 Å². The number of allylic oxidation sites excluding steroid dienone is 1. The van der Waals surface area contributed by atoms with Gasteiger partial charge in [0.25, 0.3) is 0 Å². The molecule has 0 aromatic heterocycles. The van der Waals surface area contributed by atoms with Crippen LogP contribution in [0.2, 0.25) is 0 Å². The fourth-order valence-corrected chi connectivity index (χ4v) is 15.0. The second kappa shape index (κ2) is 21.2. The van der Waals surface area contributed by atoms with Gasteiger partial charge in [-0.1, -0.05) is 39.3 Å². The smallest absolute Gasteiger partial charge is 0.187 e. The van der Waals surface area contributed by atoms with Crippen molar-refractivity contribution in [2.24, 2.45) is 46.3 Å². The molecule has 6 aliphatic heterocycles. The molecule has 6 saturated heterocycles. The van der Waals surface area contributed by atoms with E-state index in [0.717, 1.165) is 31.3 Å². The SMILES string of the molecule is C[C@@H]1CC[C@@]2(OC1)O[C@H]1C[C@H]3[C@@H]4CC=C5C[C@@H](O[C@@H]6O[C@H](CO)[C@H](O[C@@H]7O[C@H](CO)[C@@H](O)[C@H](O[C@@H]8OC[C@@H](O)[C@H](O)[C@H]8O)[C@H]7O[C@@H]7O[C@H](CO)[C@@H](O)[C@H](O)[C@H]7O)[C@H](O)[C@H]6O)[C@H](O)C[C@]5(C)[C@H]4CC(=O)[C@]3(C)[C@H]1[C@@H]2C. The summed E-state index contributed by atoms with van der Waals surface area (Å²) >= 11 is 0. The first kappa shape index (κ1) is 55.8. The Bertz CT molecular complexity index is 2010. The van der Waals surface area contributed by atoms with Crippen molar-refractivity contribution >= 4 is 5.78 Å². The van der Waals surface area contributed by atoms with Gasteiger partial charge in [-0.3, -0.25) is 4.79 Å². The molecule has 0 amide bonds. The molecule has 3 saturated carbocycles. The van der Waals surface area contributed by atoms with Gasteiger partial charge in [-0.2, -0.15) is 0 Å². The number of carbonyl (C=O) groups is 1. The fourth-order valence-electron chi connectivity index (χ4n) is 15.0. The van der Waals surface area contributed by atoms with Crippen molar-refractivity contribution in [2.75, 3.05) is 33.0 Å². The normalized spacial score (nSPS) is 56.6. The number of hydrogen-bond acceptors (Lipinski definition) is 24. The molecule has 0 aromatic rings. The second-order valence-corrected chi connectivity index (χ2v) is 23.5. The van der Waals surface area contributed by atoms with Crippen LogP contribution < -0.4 is 0 Å². The van der Waals surface area contributed by atoms with Crippen LogP contribution >= 0.6 is 0 Å². The zero-order valence-corrected chi connectivity index (χ0v) is 42.0. The fraction of sp³-hybridized carbons (Fsp3) is 0.940. The van der Waals surface area contributed by atoms with Crippen molar-refractivity contribution < 1.29 is 119 Å². The molecule has 422 valence electrons. The molecule has 13 N–H and O–H groups in total. The largest absolute Gasteiger partial charge is 0.394 e. The van der Waals surface area contributed by atoms with E-state index < -0.39 is 172 Å². The standard InChI is InChI=1S/C50H78O24/c1-18-7-8-50(66-16-18)19(2)32-27(74-50)10-23-21-6-5-20-9-26(24(54)12-48(20,3)22(21)11-31(56)49(23,32)4)67-45-40(64)37(61)41(30(15-53)70-45)71-47-43(73-46-39(63)36(60)34(58)28(13-51)68-46)42(35(59)29(14-52)69-47)72-44-38(62)33(57)25(55)17-65-44/h5,18-19,21-30,32-47,51-55,57-64H,6-17H2,1-4H3/t18-,19+,21-,22+,23+,24-,25-,26-,27+,28-,29-,30-,32+,33+,34-,35-,36+,37-,38-,39-,40-,41+,42+,43-,44+,45-,46+,47+,48+,49-,50-/m1/s1. The first-order valence-electron chi connectivity index (χ1n) is 26.5. The van der Waals surface area contributed by atoms with E-state index in [1.165, 1.54) is 0 Å². The molecule has 24 heteroatoms. The van der Waals surface area contributed by atoms with Gasteiger partial charge in [-0.15, -0.1) is 0 Å². The summed E-state index contributed by atoms with van der Waals surface area (Å²) in [5.41, 5.74) is -0.149. The number of hydrogen-bond donors (Lipinski definition) is 13. The lowest BCUT2D eigenvalue weighted by atomic mass is 9.46. The van der Waals surface area contributed by atoms with Gasteiger partial charge in [0.2, 0.25) is 0 Å². The summed E-state index contributed by atoms with van der Waals surface area (Å²) in [6.45, 7) is 6.05. The van der Waals surface area contributed by atoms with Gasteiger partial charge < -0.3 is 114 Å². The lowest BCUT2D eigenvalue weighted by Gasteiger charge is -2.58. The maximum Gasteiger partial charge on any atom is 0.187 e. The third kappa shape index (κ3) is 9.19. The molecule has 74 heavy (non-hydrogen) atoms. The number of ether oxygens (including phenoxy) is 10. The van der Waals surface area contributed by atoms with Crippen LogP contribution in [0.1, 0.15) is 72.6 Å². The Labute approximate surface area is 427 Å². The zero-order chi connectivity index (χ0) is 53.1. The van der Waals surface area contributed by atoms with Crippen molar-refractivity contribution in [3.05, 3.63) is 11.6 Å². The average Bonchev–Trinajstić information content (AvgIpc) is 3.83. The van der Waals surface area contributed by atoms with Gasteiger partial charge in [0.15, 0.2) is 30.9 Å². The Morgan fingerprint density at radius 3 is 1.95 bits per heavy atom. The molecule has 10 rings (SSSR count). The summed E-state index contributed by atoms with van der Waals surface area (Å²) < 4.78 is 60.6. The third-order valence-electron chi connectivity index (χ3n) is 19.3. The van der Waals surface area contributed by atoms with E-state index in [1.54, 1.807) is 0 Å². The molecule has 0 bridgehead atoms. The number of carbonyl (C=O) groups excluding carboxylic acids is 1. The van der Waals surface area contributed by atoms with E-state index in [9.17, 15) is 71.2 Å². The zero-order valence-electron chi connectivity index (χ0n) is 42.0. The first-order chi connectivity index (χ1) is 35.1. The maximum atomic E-state index is 14.7. The highest BCUT2D eigenvalue weighted by atomic mass is 16.8. The minimum absolute atomic E-state index is 0.0359. The molecule has 0 aromatic carbocycles. The number of Topliss-reactive ketones (excluding diaryl/α,β-unsaturated/α-hetero) is 1. The van der Waals surface area contributed by atoms with Crippen molar-refractivity contribution in [3.63, 3.8) is 0 Å². The molecule has 10 aliphatic rings. The van der Waals surface area contributed by atoms with Gasteiger partial charge in [0.05, 0.1) is 51.3 Å². The quantitative estimate of drug-likeness (QED) is 0.0873. The Kier molecular flexibility index (Phi) is 16.0. The van der Waals surface area contributed by atoms with Crippen LogP contribution in [0.4, 0.5) is 0 Å². The minimum Gasteiger partial charge on any atom is -0.394 e.